The number of benzene rings is 1. The Balaban J connectivity index is 2.96. The molecular formula is C14H22ClNO2. The van der Waals surface area contributed by atoms with E-state index in [1.807, 2.05) is 12.1 Å². The van der Waals surface area contributed by atoms with Crippen molar-refractivity contribution in [2.24, 2.45) is 11.7 Å². The van der Waals surface area contributed by atoms with Crippen LogP contribution in [0.25, 0.3) is 0 Å². The minimum atomic E-state index is -0.0697. The van der Waals surface area contributed by atoms with Crippen molar-refractivity contribution in [1.82, 2.24) is 0 Å². The molecule has 18 heavy (non-hydrogen) atoms. The third kappa shape index (κ3) is 3.53. The molecule has 1 aromatic rings. The normalized spacial score (nSPS) is 12.6. The highest BCUT2D eigenvalue weighted by Crippen LogP contribution is 2.39. The van der Waals surface area contributed by atoms with E-state index in [4.69, 9.17) is 26.8 Å². The Labute approximate surface area is 114 Å². The van der Waals surface area contributed by atoms with E-state index in [9.17, 15) is 0 Å². The van der Waals surface area contributed by atoms with Crippen LogP contribution in [0.3, 0.4) is 0 Å². The fourth-order valence-corrected chi connectivity index (χ4v) is 2.23. The van der Waals surface area contributed by atoms with Gasteiger partial charge in [0.25, 0.3) is 0 Å². The zero-order valence-electron chi connectivity index (χ0n) is 11.5. The molecule has 0 aromatic heterocycles. The number of rotatable bonds is 6. The lowest BCUT2D eigenvalue weighted by molar-refractivity contribution is 0.354. The maximum atomic E-state index is 6.32. The molecule has 0 bridgehead atoms. The number of nitrogens with two attached hydrogens (primary N) is 1. The summed E-state index contributed by atoms with van der Waals surface area (Å²) in [5, 5.41) is 0.549. The fourth-order valence-electron chi connectivity index (χ4n) is 1.86. The SMILES string of the molecule is COc1ccc([C@H](N)CCC(C)C)c(Cl)c1OC. The van der Waals surface area contributed by atoms with Crippen molar-refractivity contribution >= 4 is 11.6 Å². The first kappa shape index (κ1) is 15.1. The van der Waals surface area contributed by atoms with E-state index < -0.39 is 0 Å². The van der Waals surface area contributed by atoms with E-state index in [2.05, 4.69) is 13.8 Å². The van der Waals surface area contributed by atoms with Crippen molar-refractivity contribution in [3.05, 3.63) is 22.7 Å². The molecule has 0 saturated carbocycles. The van der Waals surface area contributed by atoms with Crippen LogP contribution in [0, 0.1) is 5.92 Å². The van der Waals surface area contributed by atoms with E-state index >= 15 is 0 Å². The van der Waals surface area contributed by atoms with Gasteiger partial charge in [0.2, 0.25) is 0 Å². The van der Waals surface area contributed by atoms with Crippen LogP contribution in [0.1, 0.15) is 38.3 Å². The van der Waals surface area contributed by atoms with Crippen LogP contribution < -0.4 is 15.2 Å². The molecule has 0 fully saturated rings. The fraction of sp³-hybridized carbons (Fsp3) is 0.571. The van der Waals surface area contributed by atoms with E-state index in [1.165, 1.54) is 0 Å². The molecule has 3 nitrogen and oxygen atoms in total. The second-order valence-corrected chi connectivity index (χ2v) is 5.16. The highest BCUT2D eigenvalue weighted by molar-refractivity contribution is 6.33. The van der Waals surface area contributed by atoms with Crippen LogP contribution in [0.4, 0.5) is 0 Å². The van der Waals surface area contributed by atoms with E-state index in [0.29, 0.717) is 22.4 Å². The van der Waals surface area contributed by atoms with Crippen molar-refractivity contribution < 1.29 is 9.47 Å². The van der Waals surface area contributed by atoms with Crippen LogP contribution in [0.15, 0.2) is 12.1 Å². The van der Waals surface area contributed by atoms with E-state index in [1.54, 1.807) is 14.2 Å². The summed E-state index contributed by atoms with van der Waals surface area (Å²) in [6, 6.07) is 3.68. The van der Waals surface area contributed by atoms with Gasteiger partial charge in [-0.25, -0.2) is 0 Å². The summed E-state index contributed by atoms with van der Waals surface area (Å²) >= 11 is 6.32. The molecule has 1 aromatic carbocycles. The predicted molar refractivity (Wildman–Crippen MR) is 75.6 cm³/mol. The second-order valence-electron chi connectivity index (χ2n) is 4.78. The quantitative estimate of drug-likeness (QED) is 0.856. The summed E-state index contributed by atoms with van der Waals surface area (Å²) < 4.78 is 10.5. The summed E-state index contributed by atoms with van der Waals surface area (Å²) in [5.41, 5.74) is 7.09. The van der Waals surface area contributed by atoms with Gasteiger partial charge in [-0.3, -0.25) is 0 Å². The van der Waals surface area contributed by atoms with Gasteiger partial charge in [-0.1, -0.05) is 31.5 Å². The van der Waals surface area contributed by atoms with Crippen LogP contribution >= 0.6 is 11.6 Å². The summed E-state index contributed by atoms with van der Waals surface area (Å²) in [5.74, 6) is 1.81. The molecule has 0 aliphatic rings. The molecule has 1 atom stereocenters. The summed E-state index contributed by atoms with van der Waals surface area (Å²) in [6.45, 7) is 4.37. The Kier molecular flexibility index (Phi) is 5.76. The highest BCUT2D eigenvalue weighted by Gasteiger charge is 2.17. The largest absolute Gasteiger partial charge is 0.493 e. The van der Waals surface area contributed by atoms with Gasteiger partial charge in [-0.05, 0) is 30.4 Å². The van der Waals surface area contributed by atoms with Crippen molar-refractivity contribution in [3.63, 3.8) is 0 Å². The Morgan fingerprint density at radius 3 is 2.33 bits per heavy atom. The first-order valence-electron chi connectivity index (χ1n) is 6.17. The minimum absolute atomic E-state index is 0.0697. The third-order valence-electron chi connectivity index (χ3n) is 2.97. The van der Waals surface area contributed by atoms with E-state index in [-0.39, 0.29) is 6.04 Å². The Morgan fingerprint density at radius 1 is 1.17 bits per heavy atom. The number of ether oxygens (including phenoxy) is 2. The Morgan fingerprint density at radius 2 is 1.83 bits per heavy atom. The topological polar surface area (TPSA) is 44.5 Å². The standard InChI is InChI=1S/C14H22ClNO2/c1-9(2)5-7-11(16)10-6-8-12(17-3)14(18-4)13(10)15/h6,8-9,11H,5,7,16H2,1-4H3/t11-/m1/s1. The van der Waals surface area contributed by atoms with Crippen LogP contribution in [0.5, 0.6) is 11.5 Å². The first-order valence-corrected chi connectivity index (χ1v) is 6.55. The molecule has 0 amide bonds. The molecule has 2 N–H and O–H groups in total. The maximum Gasteiger partial charge on any atom is 0.179 e. The molecule has 102 valence electrons. The zero-order valence-corrected chi connectivity index (χ0v) is 12.3. The van der Waals surface area contributed by atoms with Crippen LogP contribution in [0.2, 0.25) is 5.02 Å². The summed E-state index contributed by atoms with van der Waals surface area (Å²) in [4.78, 5) is 0. The van der Waals surface area contributed by atoms with Gasteiger partial charge in [0, 0.05) is 6.04 Å². The van der Waals surface area contributed by atoms with Crippen molar-refractivity contribution in [2.45, 2.75) is 32.7 Å². The maximum absolute atomic E-state index is 6.32. The molecule has 0 spiro atoms. The number of hydrogen-bond donors (Lipinski definition) is 1. The molecule has 0 saturated heterocycles. The molecule has 0 radical (unpaired) electrons. The molecule has 0 heterocycles. The Hall–Kier alpha value is -0.930. The van der Waals surface area contributed by atoms with Gasteiger partial charge >= 0.3 is 0 Å². The highest BCUT2D eigenvalue weighted by atomic mass is 35.5. The zero-order chi connectivity index (χ0) is 13.7. The van der Waals surface area contributed by atoms with E-state index in [0.717, 1.165) is 18.4 Å². The number of hydrogen-bond acceptors (Lipinski definition) is 3. The summed E-state index contributed by atoms with van der Waals surface area (Å²) in [7, 11) is 3.17. The molecule has 0 aliphatic heterocycles. The van der Waals surface area contributed by atoms with Crippen LogP contribution in [-0.2, 0) is 0 Å². The smallest absolute Gasteiger partial charge is 0.179 e. The van der Waals surface area contributed by atoms with Gasteiger partial charge < -0.3 is 15.2 Å². The average Bonchev–Trinajstić information content (AvgIpc) is 2.35. The lowest BCUT2D eigenvalue weighted by Crippen LogP contribution is -2.12. The van der Waals surface area contributed by atoms with Crippen molar-refractivity contribution in [3.8, 4) is 11.5 Å². The van der Waals surface area contributed by atoms with Crippen LogP contribution in [-0.4, -0.2) is 14.2 Å². The summed E-state index contributed by atoms with van der Waals surface area (Å²) in [6.07, 6.45) is 1.98. The van der Waals surface area contributed by atoms with Crippen molar-refractivity contribution in [2.75, 3.05) is 14.2 Å². The average molecular weight is 272 g/mol. The molecule has 1 rings (SSSR count). The number of halogens is 1. The molecule has 4 heteroatoms. The second kappa shape index (κ2) is 6.86. The minimum Gasteiger partial charge on any atom is -0.493 e. The molecule has 0 aliphatic carbocycles. The predicted octanol–water partition coefficient (Wildman–Crippen LogP) is 3.79. The van der Waals surface area contributed by atoms with Crippen molar-refractivity contribution in [1.29, 1.82) is 0 Å². The lowest BCUT2D eigenvalue weighted by atomic mass is 9.98. The van der Waals surface area contributed by atoms with Gasteiger partial charge in [-0.15, -0.1) is 0 Å². The number of methoxy groups -OCH3 is 2. The third-order valence-corrected chi connectivity index (χ3v) is 3.36. The lowest BCUT2D eigenvalue weighted by Gasteiger charge is -2.18. The monoisotopic (exact) mass is 271 g/mol. The van der Waals surface area contributed by atoms with Gasteiger partial charge in [0.15, 0.2) is 11.5 Å². The molecule has 0 unspecified atom stereocenters. The van der Waals surface area contributed by atoms with Gasteiger partial charge in [-0.2, -0.15) is 0 Å². The van der Waals surface area contributed by atoms with Gasteiger partial charge in [0.05, 0.1) is 19.2 Å². The van der Waals surface area contributed by atoms with Gasteiger partial charge in [0.1, 0.15) is 0 Å². The molecular weight excluding hydrogens is 250 g/mol. The Bertz CT molecular complexity index is 394. The first-order chi connectivity index (χ1) is 8.51.